The number of benzene rings is 3. The zero-order valence-corrected chi connectivity index (χ0v) is 17.2. The van der Waals surface area contributed by atoms with E-state index in [9.17, 15) is 28.4 Å². The normalized spacial score (nSPS) is 11.1. The summed E-state index contributed by atoms with van der Waals surface area (Å²) in [4.78, 5) is 21.4. The number of anilines is 1. The number of sulfonamides is 1. The first kappa shape index (κ1) is 22.1. The fraction of sp³-hybridized carbons (Fsp3) is 0.0500. The van der Waals surface area contributed by atoms with E-state index in [0.717, 1.165) is 29.8 Å². The van der Waals surface area contributed by atoms with E-state index in [0.29, 0.717) is 5.56 Å². The van der Waals surface area contributed by atoms with Gasteiger partial charge in [0.1, 0.15) is 10.6 Å². The molecule has 0 radical (unpaired) electrons. The van der Waals surface area contributed by atoms with Crippen molar-refractivity contribution in [3.05, 3.63) is 92.5 Å². The molecule has 0 aliphatic heterocycles. The fourth-order valence-electron chi connectivity index (χ4n) is 2.84. The van der Waals surface area contributed by atoms with Crippen molar-refractivity contribution in [3.8, 4) is 5.75 Å². The van der Waals surface area contributed by atoms with E-state index >= 15 is 0 Å². The van der Waals surface area contributed by atoms with Crippen LogP contribution in [0.4, 0.5) is 11.4 Å². The number of halogens is 1. The van der Waals surface area contributed by atoms with Gasteiger partial charge in [0.15, 0.2) is 0 Å². The van der Waals surface area contributed by atoms with E-state index < -0.39 is 25.8 Å². The van der Waals surface area contributed by atoms with Crippen LogP contribution >= 0.6 is 11.6 Å². The van der Waals surface area contributed by atoms with Crippen LogP contribution in [0.3, 0.4) is 0 Å². The quantitative estimate of drug-likeness (QED) is 0.354. The van der Waals surface area contributed by atoms with Crippen molar-refractivity contribution in [2.75, 3.05) is 4.72 Å². The topological polar surface area (TPSA) is 147 Å². The predicted molar refractivity (Wildman–Crippen MR) is 113 cm³/mol. The lowest BCUT2D eigenvalue weighted by molar-refractivity contribution is -0.384. The van der Waals surface area contributed by atoms with Crippen LogP contribution < -0.4 is 4.72 Å². The van der Waals surface area contributed by atoms with E-state index in [1.165, 1.54) is 24.3 Å². The molecule has 0 aromatic heterocycles. The zero-order chi connectivity index (χ0) is 22.8. The van der Waals surface area contributed by atoms with Gasteiger partial charge in [-0.3, -0.25) is 14.8 Å². The molecule has 0 atom stereocenters. The zero-order valence-electron chi connectivity index (χ0n) is 15.6. The van der Waals surface area contributed by atoms with Gasteiger partial charge in [-0.25, -0.2) is 13.2 Å². The Bertz CT molecular complexity index is 1280. The number of hydrogen-bond acceptors (Lipinski definition) is 6. The summed E-state index contributed by atoms with van der Waals surface area (Å²) in [6.45, 7) is 0. The second kappa shape index (κ2) is 8.62. The van der Waals surface area contributed by atoms with Crippen LogP contribution in [0.15, 0.2) is 65.6 Å². The van der Waals surface area contributed by atoms with Crippen molar-refractivity contribution in [1.82, 2.24) is 0 Å². The smallest absolute Gasteiger partial charge is 0.335 e. The average Bonchev–Trinajstić information content (AvgIpc) is 2.69. The van der Waals surface area contributed by atoms with Crippen LogP contribution in [-0.4, -0.2) is 29.5 Å². The number of hydrogen-bond donors (Lipinski definition) is 3. The third-order valence-electron chi connectivity index (χ3n) is 4.25. The number of carboxylic acids is 1. The summed E-state index contributed by atoms with van der Waals surface area (Å²) in [7, 11) is -4.34. The van der Waals surface area contributed by atoms with Crippen LogP contribution in [-0.2, 0) is 16.4 Å². The summed E-state index contributed by atoms with van der Waals surface area (Å²) in [5, 5.41) is 29.6. The summed E-state index contributed by atoms with van der Waals surface area (Å²) in [5.41, 5.74) is 0.489. The SMILES string of the molecule is O=C(O)c1ccc(Cl)c(S(=O)(=O)Nc2cc(Cc3ccc(O)cc3)cc([N+](=O)[O-])c2)c1. The molecule has 160 valence electrons. The van der Waals surface area contributed by atoms with Crippen molar-refractivity contribution in [2.24, 2.45) is 0 Å². The minimum atomic E-state index is -4.34. The number of nitrogens with zero attached hydrogens (tertiary/aromatic N) is 1. The second-order valence-corrected chi connectivity index (χ2v) is 8.60. The van der Waals surface area contributed by atoms with Gasteiger partial charge in [0.2, 0.25) is 0 Å². The largest absolute Gasteiger partial charge is 0.508 e. The van der Waals surface area contributed by atoms with Crippen LogP contribution in [0, 0.1) is 10.1 Å². The van der Waals surface area contributed by atoms with Crippen molar-refractivity contribution in [3.63, 3.8) is 0 Å². The third kappa shape index (κ3) is 5.30. The molecule has 0 saturated heterocycles. The molecule has 0 spiro atoms. The number of carboxylic acid groups (broad SMARTS) is 1. The first-order chi connectivity index (χ1) is 14.5. The molecule has 0 heterocycles. The molecule has 3 aromatic carbocycles. The number of aromatic hydroxyl groups is 1. The van der Waals surface area contributed by atoms with E-state index in [2.05, 4.69) is 4.72 Å². The fourth-order valence-corrected chi connectivity index (χ4v) is 4.41. The Labute approximate surface area is 181 Å². The molecule has 0 fully saturated rings. The van der Waals surface area contributed by atoms with Gasteiger partial charge in [-0.15, -0.1) is 0 Å². The van der Waals surface area contributed by atoms with Gasteiger partial charge >= 0.3 is 5.97 Å². The summed E-state index contributed by atoms with van der Waals surface area (Å²) >= 11 is 5.94. The number of rotatable bonds is 7. The number of nitro benzene ring substituents is 1. The maximum absolute atomic E-state index is 12.8. The van der Waals surface area contributed by atoms with Gasteiger partial charge in [0.25, 0.3) is 15.7 Å². The Morgan fingerprint density at radius 1 is 1.03 bits per heavy atom. The summed E-state index contributed by atoms with van der Waals surface area (Å²) in [6.07, 6.45) is 0.242. The minimum Gasteiger partial charge on any atom is -0.508 e. The number of nitrogens with one attached hydrogen (secondary N) is 1. The monoisotopic (exact) mass is 462 g/mol. The van der Waals surface area contributed by atoms with Gasteiger partial charge in [-0.2, -0.15) is 0 Å². The minimum absolute atomic E-state index is 0.0664. The van der Waals surface area contributed by atoms with Crippen LogP contribution in [0.25, 0.3) is 0 Å². The van der Waals surface area contributed by atoms with Crippen molar-refractivity contribution in [2.45, 2.75) is 11.3 Å². The molecule has 0 bridgehead atoms. The molecule has 9 nitrogen and oxygen atoms in total. The van der Waals surface area contributed by atoms with Crippen molar-refractivity contribution < 1.29 is 28.3 Å². The summed E-state index contributed by atoms with van der Waals surface area (Å²) < 4.78 is 27.8. The molecule has 3 rings (SSSR count). The molecule has 0 unspecified atom stereocenters. The maximum Gasteiger partial charge on any atom is 0.335 e. The van der Waals surface area contributed by atoms with Crippen molar-refractivity contribution in [1.29, 1.82) is 0 Å². The maximum atomic E-state index is 12.8. The molecule has 0 amide bonds. The average molecular weight is 463 g/mol. The van der Waals surface area contributed by atoms with Gasteiger partial charge in [-0.05, 0) is 53.9 Å². The van der Waals surface area contributed by atoms with E-state index in [1.54, 1.807) is 12.1 Å². The lowest BCUT2D eigenvalue weighted by atomic mass is 10.0. The molecule has 3 N–H and O–H groups in total. The number of nitro groups is 1. The van der Waals surface area contributed by atoms with Gasteiger partial charge in [0, 0.05) is 12.1 Å². The van der Waals surface area contributed by atoms with Gasteiger partial charge in [-0.1, -0.05) is 23.7 Å². The van der Waals surface area contributed by atoms with Crippen LogP contribution in [0.1, 0.15) is 21.5 Å². The molecule has 0 saturated carbocycles. The van der Waals surface area contributed by atoms with Gasteiger partial charge in [0.05, 0.1) is 21.2 Å². The predicted octanol–water partition coefficient (Wildman–Crippen LogP) is 4.04. The molecule has 11 heteroatoms. The molecular weight excluding hydrogens is 448 g/mol. The highest BCUT2D eigenvalue weighted by molar-refractivity contribution is 7.92. The standard InChI is InChI=1S/C20H15ClN2O7S/c21-18-6-3-14(20(25)26)10-19(18)31(29,30)22-15-8-13(9-16(11-15)23(27)28)7-12-1-4-17(24)5-2-12/h1-6,8-11,22,24H,7H2,(H,25,26). The van der Waals surface area contributed by atoms with E-state index in [-0.39, 0.29) is 34.1 Å². The van der Waals surface area contributed by atoms with Crippen LogP contribution in [0.2, 0.25) is 5.02 Å². The lowest BCUT2D eigenvalue weighted by Crippen LogP contribution is -2.15. The number of phenolic OH excluding ortho intramolecular Hbond substituents is 1. The Morgan fingerprint density at radius 3 is 2.32 bits per heavy atom. The van der Waals surface area contributed by atoms with Crippen LogP contribution in [0.5, 0.6) is 5.75 Å². The van der Waals surface area contributed by atoms with Crippen molar-refractivity contribution >= 4 is 39.0 Å². The molecule has 0 aliphatic carbocycles. The third-order valence-corrected chi connectivity index (χ3v) is 6.12. The number of phenols is 1. The summed E-state index contributed by atoms with van der Waals surface area (Å²) in [5.74, 6) is -1.27. The summed E-state index contributed by atoms with van der Waals surface area (Å²) in [6, 6.07) is 13.2. The van der Waals surface area contributed by atoms with E-state index in [4.69, 9.17) is 16.7 Å². The highest BCUT2D eigenvalue weighted by Gasteiger charge is 2.22. The number of carbonyl (C=O) groups is 1. The first-order valence-corrected chi connectivity index (χ1v) is 10.5. The Kier molecular flexibility index (Phi) is 6.14. The second-order valence-electron chi connectivity index (χ2n) is 6.54. The van der Waals surface area contributed by atoms with E-state index in [1.807, 2.05) is 0 Å². The lowest BCUT2D eigenvalue weighted by Gasteiger charge is -2.12. The highest BCUT2D eigenvalue weighted by atomic mass is 35.5. The Morgan fingerprint density at radius 2 is 1.71 bits per heavy atom. The first-order valence-electron chi connectivity index (χ1n) is 8.67. The Balaban J connectivity index is 1.99. The molecule has 3 aromatic rings. The molecule has 31 heavy (non-hydrogen) atoms. The number of non-ortho nitro benzene ring substituents is 1. The molecular formula is C20H15ClN2O7S. The molecule has 0 aliphatic rings. The van der Waals surface area contributed by atoms with Gasteiger partial charge < -0.3 is 10.2 Å². The Hall–Kier alpha value is -3.63. The number of aromatic carboxylic acids is 1. The highest BCUT2D eigenvalue weighted by Crippen LogP contribution is 2.28.